The van der Waals surface area contributed by atoms with E-state index in [1.807, 2.05) is 12.2 Å². The van der Waals surface area contributed by atoms with E-state index in [2.05, 4.69) is 13.2 Å². The first kappa shape index (κ1) is 12.7. The van der Waals surface area contributed by atoms with E-state index >= 15 is 0 Å². The van der Waals surface area contributed by atoms with Gasteiger partial charge < -0.3 is 0 Å². The summed E-state index contributed by atoms with van der Waals surface area (Å²) in [6.45, 7) is 6.29. The van der Waals surface area contributed by atoms with E-state index in [-0.39, 0.29) is 0 Å². The average Bonchev–Trinajstić information content (AvgIpc) is 2.44. The summed E-state index contributed by atoms with van der Waals surface area (Å²) >= 11 is 0. The quantitative estimate of drug-likeness (QED) is 0.765. The maximum Gasteiger partial charge on any atom is 0.116 e. The third kappa shape index (κ3) is 1.82. The normalized spacial score (nSPS) is 13.2. The Morgan fingerprint density at radius 1 is 0.889 bits per heavy atom. The molecule has 18 heavy (non-hydrogen) atoms. The summed E-state index contributed by atoms with van der Waals surface area (Å²) in [5.41, 5.74) is 2.54. The van der Waals surface area contributed by atoms with E-state index in [0.29, 0.717) is 22.3 Å². The first-order chi connectivity index (χ1) is 8.78. The number of fused-ring (bicyclic) bond motifs is 1. The van der Waals surface area contributed by atoms with Crippen LogP contribution in [0.3, 0.4) is 0 Å². The van der Waals surface area contributed by atoms with E-state index in [1.54, 1.807) is 12.2 Å². The zero-order valence-corrected chi connectivity index (χ0v) is 10.3. The van der Waals surface area contributed by atoms with E-state index < -0.39 is 13.3 Å². The molecule has 0 aliphatic heterocycles. The third-order valence-corrected chi connectivity index (χ3v) is 3.42. The number of benzene rings is 1. The zero-order valence-electron chi connectivity index (χ0n) is 10.3. The van der Waals surface area contributed by atoms with Crippen molar-refractivity contribution in [3.05, 3.63) is 45.8 Å². The van der Waals surface area contributed by atoms with Gasteiger partial charge in [0.1, 0.15) is 13.3 Å². The van der Waals surface area contributed by atoms with E-state index in [1.165, 1.54) is 0 Å². The highest BCUT2D eigenvalue weighted by Crippen LogP contribution is 2.20. The monoisotopic (exact) mass is 246 g/mol. The maximum absolute atomic E-state index is 13.3. The van der Waals surface area contributed by atoms with Gasteiger partial charge in [0.15, 0.2) is 0 Å². The van der Waals surface area contributed by atoms with Crippen LogP contribution < -0.4 is 10.4 Å². The highest BCUT2D eigenvalue weighted by Gasteiger charge is 2.14. The molecule has 0 saturated carbocycles. The Morgan fingerprint density at radius 3 is 1.56 bits per heavy atom. The topological polar surface area (TPSA) is 0 Å². The number of hydrogen-bond donors (Lipinski definition) is 0. The fraction of sp³-hybridized carbons (Fsp3) is 0.250. The Bertz CT molecular complexity index is 554. The minimum atomic E-state index is -0.568. The summed E-state index contributed by atoms with van der Waals surface area (Å²) in [4.78, 5) is 0. The third-order valence-electron chi connectivity index (χ3n) is 3.42. The van der Waals surface area contributed by atoms with Crippen molar-refractivity contribution in [3.63, 3.8) is 0 Å². The van der Waals surface area contributed by atoms with Crippen molar-refractivity contribution < 1.29 is 8.78 Å². The second kappa shape index (κ2) is 5.30. The minimum absolute atomic E-state index is 0.568. The summed E-state index contributed by atoms with van der Waals surface area (Å²) in [6, 6.07) is 0. The summed E-state index contributed by atoms with van der Waals surface area (Å²) in [5, 5.41) is 1.66. The van der Waals surface area contributed by atoms with Gasteiger partial charge in [-0.05, 0) is 45.5 Å². The van der Waals surface area contributed by atoms with Crippen LogP contribution in [0.15, 0.2) is 13.2 Å². The predicted octanol–water partition coefficient (Wildman–Crippen LogP) is 3.27. The van der Waals surface area contributed by atoms with Gasteiger partial charge in [0.25, 0.3) is 0 Å². The summed E-state index contributed by atoms with van der Waals surface area (Å²) in [7, 11) is 0. The van der Waals surface area contributed by atoms with Crippen LogP contribution in [-0.2, 0) is 13.3 Å². The lowest BCUT2D eigenvalue weighted by Crippen LogP contribution is -2.35. The molecule has 0 aromatic heterocycles. The van der Waals surface area contributed by atoms with Crippen LogP contribution in [0.25, 0.3) is 24.3 Å². The Kier molecular flexibility index (Phi) is 3.75. The Labute approximate surface area is 106 Å². The summed E-state index contributed by atoms with van der Waals surface area (Å²) < 4.78 is 26.6. The van der Waals surface area contributed by atoms with Gasteiger partial charge in [0.2, 0.25) is 0 Å². The molecule has 0 saturated heterocycles. The molecule has 0 nitrogen and oxygen atoms in total. The van der Waals surface area contributed by atoms with Crippen molar-refractivity contribution in [3.8, 4) is 0 Å². The molecule has 0 bridgehead atoms. The van der Waals surface area contributed by atoms with Gasteiger partial charge in [-0.1, -0.05) is 37.5 Å². The molecule has 0 amide bonds. The zero-order chi connectivity index (χ0) is 13.1. The van der Waals surface area contributed by atoms with Crippen molar-refractivity contribution >= 4 is 24.3 Å². The van der Waals surface area contributed by atoms with Crippen LogP contribution in [-0.4, -0.2) is 0 Å². The van der Waals surface area contributed by atoms with Crippen LogP contribution in [0.2, 0.25) is 0 Å². The maximum atomic E-state index is 13.3. The van der Waals surface area contributed by atoms with Crippen molar-refractivity contribution in [2.45, 2.75) is 26.2 Å². The molecule has 1 aromatic rings. The molecule has 0 fully saturated rings. The fourth-order valence-electron chi connectivity index (χ4n) is 2.62. The first-order valence-electron chi connectivity index (χ1n) is 6.03. The molecule has 2 rings (SSSR count). The SMILES string of the molecule is C=Cc1c(C=C)c(CF)c2c(c1CF)=CCCC=2. The lowest BCUT2D eigenvalue weighted by atomic mass is 9.90. The van der Waals surface area contributed by atoms with Crippen molar-refractivity contribution in [2.75, 3.05) is 0 Å². The molecular formula is C16H16F2. The molecule has 0 heterocycles. The lowest BCUT2D eigenvalue weighted by Gasteiger charge is -2.16. The van der Waals surface area contributed by atoms with Gasteiger partial charge in [-0.2, -0.15) is 0 Å². The van der Waals surface area contributed by atoms with Crippen molar-refractivity contribution in [1.82, 2.24) is 0 Å². The van der Waals surface area contributed by atoms with Gasteiger partial charge >= 0.3 is 0 Å². The van der Waals surface area contributed by atoms with Gasteiger partial charge in [0, 0.05) is 0 Å². The van der Waals surface area contributed by atoms with E-state index in [0.717, 1.165) is 23.3 Å². The molecule has 1 aliphatic carbocycles. The molecule has 0 atom stereocenters. The van der Waals surface area contributed by atoms with Crippen molar-refractivity contribution in [1.29, 1.82) is 0 Å². The van der Waals surface area contributed by atoms with Crippen LogP contribution >= 0.6 is 0 Å². The van der Waals surface area contributed by atoms with Crippen LogP contribution in [0.4, 0.5) is 8.78 Å². The van der Waals surface area contributed by atoms with Crippen molar-refractivity contribution in [2.24, 2.45) is 0 Å². The Morgan fingerprint density at radius 2 is 1.28 bits per heavy atom. The highest BCUT2D eigenvalue weighted by atomic mass is 19.1. The predicted molar refractivity (Wildman–Crippen MR) is 73.7 cm³/mol. The number of halogens is 2. The van der Waals surface area contributed by atoms with E-state index in [4.69, 9.17) is 0 Å². The molecular weight excluding hydrogens is 230 g/mol. The second-order valence-electron chi connectivity index (χ2n) is 4.27. The molecule has 0 unspecified atom stereocenters. The number of alkyl halides is 2. The van der Waals surface area contributed by atoms with Gasteiger partial charge in [-0.25, -0.2) is 8.78 Å². The molecule has 0 N–H and O–H groups in total. The molecule has 1 aromatic carbocycles. The summed E-state index contributed by atoms with van der Waals surface area (Å²) in [5.74, 6) is 0. The van der Waals surface area contributed by atoms with Gasteiger partial charge in [0.05, 0.1) is 0 Å². The molecule has 0 spiro atoms. The standard InChI is InChI=1S/C16H16F2/c1-3-11-12(4-2)16(10-18)14-8-6-5-7-13(14)15(11)9-17/h3-4,7-8H,1-2,5-6,9-10H2. The molecule has 2 heteroatoms. The van der Waals surface area contributed by atoms with Crippen LogP contribution in [0, 0.1) is 0 Å². The van der Waals surface area contributed by atoms with Gasteiger partial charge in [-0.15, -0.1) is 0 Å². The van der Waals surface area contributed by atoms with Crippen LogP contribution in [0.5, 0.6) is 0 Å². The molecule has 0 radical (unpaired) electrons. The van der Waals surface area contributed by atoms with E-state index in [9.17, 15) is 8.78 Å². The number of rotatable bonds is 4. The molecule has 1 aliphatic rings. The van der Waals surface area contributed by atoms with Gasteiger partial charge in [-0.3, -0.25) is 0 Å². The molecule has 94 valence electrons. The largest absolute Gasteiger partial charge is 0.246 e. The number of hydrogen-bond acceptors (Lipinski definition) is 0. The smallest absolute Gasteiger partial charge is 0.116 e. The lowest BCUT2D eigenvalue weighted by molar-refractivity contribution is 0.474. The Balaban J connectivity index is 3.03. The van der Waals surface area contributed by atoms with Crippen LogP contribution in [0.1, 0.15) is 35.1 Å². The average molecular weight is 246 g/mol. The second-order valence-corrected chi connectivity index (χ2v) is 4.27. The first-order valence-corrected chi connectivity index (χ1v) is 6.03. The summed E-state index contributed by atoms with van der Waals surface area (Å²) in [6.07, 6.45) is 8.90. The fourth-order valence-corrected chi connectivity index (χ4v) is 2.62. The minimum Gasteiger partial charge on any atom is -0.246 e. The Hall–Kier alpha value is -1.70. The highest BCUT2D eigenvalue weighted by molar-refractivity contribution is 5.71.